The van der Waals surface area contributed by atoms with Crippen LogP contribution in [0, 0.1) is 0 Å². The molecule has 234 valence electrons. The number of benzene rings is 2. The van der Waals surface area contributed by atoms with Crippen molar-refractivity contribution in [2.24, 2.45) is 0 Å². The predicted octanol–water partition coefficient (Wildman–Crippen LogP) is 8.52. The molecule has 0 radical (unpaired) electrons. The van der Waals surface area contributed by atoms with Gasteiger partial charge in [-0.25, -0.2) is 4.79 Å². The second-order valence-corrected chi connectivity index (χ2v) is 11.0. The summed E-state index contributed by atoms with van der Waals surface area (Å²) in [7, 11) is 0. The summed E-state index contributed by atoms with van der Waals surface area (Å²) in [6.07, 6.45) is 12.8. The normalized spacial score (nSPS) is 11.1. The summed E-state index contributed by atoms with van der Waals surface area (Å²) >= 11 is 0. The minimum Gasteiger partial charge on any atom is -0.462 e. The fraction of sp³-hybridized carbons (Fsp3) is 0.472. The van der Waals surface area contributed by atoms with Gasteiger partial charge < -0.3 is 19.7 Å². The summed E-state index contributed by atoms with van der Waals surface area (Å²) in [5.74, 6) is -1.09. The van der Waals surface area contributed by atoms with E-state index in [2.05, 4.69) is 32.2 Å². The molecular weight excluding hydrogens is 540 g/mol. The number of unbranched alkanes of at least 4 members (excludes halogenated alkanes) is 5. The highest BCUT2D eigenvalue weighted by Gasteiger charge is 2.23. The quantitative estimate of drug-likeness (QED) is 0.101. The number of esters is 1. The van der Waals surface area contributed by atoms with E-state index in [-0.39, 0.29) is 37.1 Å². The Labute approximate surface area is 258 Å². The Hall–Kier alpha value is -3.71. The van der Waals surface area contributed by atoms with Crippen molar-refractivity contribution in [2.75, 3.05) is 36.6 Å². The summed E-state index contributed by atoms with van der Waals surface area (Å²) in [4.78, 5) is 41.1. The zero-order chi connectivity index (χ0) is 31.5. The Morgan fingerprint density at radius 2 is 1.60 bits per heavy atom. The summed E-state index contributed by atoms with van der Waals surface area (Å²) in [6, 6.07) is 13.8. The smallest absolute Gasteiger partial charge is 0.340 e. The number of ether oxygens (including phenoxy) is 2. The van der Waals surface area contributed by atoms with Crippen LogP contribution in [0.4, 0.5) is 11.4 Å². The van der Waals surface area contributed by atoms with E-state index in [4.69, 9.17) is 9.47 Å². The highest BCUT2D eigenvalue weighted by Crippen LogP contribution is 2.27. The van der Waals surface area contributed by atoms with Crippen LogP contribution in [0.1, 0.15) is 107 Å². The van der Waals surface area contributed by atoms with Crippen molar-refractivity contribution >= 4 is 29.2 Å². The molecule has 0 saturated heterocycles. The van der Waals surface area contributed by atoms with Gasteiger partial charge in [0, 0.05) is 24.4 Å². The van der Waals surface area contributed by atoms with Crippen molar-refractivity contribution in [3.05, 3.63) is 83.0 Å². The number of rotatable bonds is 19. The number of nitrogens with one attached hydrogen (secondary N) is 1. The molecule has 2 aromatic rings. The van der Waals surface area contributed by atoms with Gasteiger partial charge in [-0.1, -0.05) is 80.5 Å². The predicted molar refractivity (Wildman–Crippen MR) is 176 cm³/mol. The van der Waals surface area contributed by atoms with Gasteiger partial charge in [-0.15, -0.1) is 0 Å². The first-order valence-electron chi connectivity index (χ1n) is 15.6. The maximum atomic E-state index is 13.6. The Kier molecular flexibility index (Phi) is 16.7. The van der Waals surface area contributed by atoms with Crippen LogP contribution in [0.5, 0.6) is 0 Å². The lowest BCUT2D eigenvalue weighted by molar-refractivity contribution is -0.123. The van der Waals surface area contributed by atoms with Crippen molar-refractivity contribution < 1.29 is 23.9 Å². The number of hydrogen-bond donors (Lipinski definition) is 1. The Morgan fingerprint density at radius 1 is 0.884 bits per heavy atom. The number of hydrogen-bond acceptors (Lipinski definition) is 5. The number of carbonyl (C=O) groups excluding carboxylic acids is 3. The molecule has 2 rings (SSSR count). The van der Waals surface area contributed by atoms with Gasteiger partial charge in [0.2, 0.25) is 0 Å². The number of allylic oxidation sites excluding steroid dienone is 3. The van der Waals surface area contributed by atoms with Crippen molar-refractivity contribution in [2.45, 2.75) is 86.0 Å². The SMILES string of the molecule is CCCCCCCCOCC(=O)N(CC=C(C)CCC=C(C)C)c1cc(NC(=O)c2ccccc2)ccc1C(=O)OCC. The maximum absolute atomic E-state index is 13.6. The monoisotopic (exact) mass is 590 g/mol. The van der Waals surface area contributed by atoms with Crippen LogP contribution < -0.4 is 10.2 Å². The van der Waals surface area contributed by atoms with Gasteiger partial charge in [0.15, 0.2) is 0 Å². The molecule has 7 heteroatoms. The molecule has 7 nitrogen and oxygen atoms in total. The van der Waals surface area contributed by atoms with Crippen LogP contribution in [0.2, 0.25) is 0 Å². The zero-order valence-electron chi connectivity index (χ0n) is 26.7. The molecule has 0 saturated carbocycles. The van der Waals surface area contributed by atoms with E-state index in [1.807, 2.05) is 19.1 Å². The number of carbonyl (C=O) groups is 3. The summed E-state index contributed by atoms with van der Waals surface area (Å²) in [5, 5.41) is 2.89. The molecule has 43 heavy (non-hydrogen) atoms. The van der Waals surface area contributed by atoms with Crippen LogP contribution in [-0.4, -0.2) is 44.1 Å². The van der Waals surface area contributed by atoms with E-state index in [9.17, 15) is 14.4 Å². The van der Waals surface area contributed by atoms with Gasteiger partial charge in [0.1, 0.15) is 6.61 Å². The van der Waals surface area contributed by atoms with E-state index in [1.165, 1.54) is 31.3 Å². The maximum Gasteiger partial charge on any atom is 0.340 e. The average molecular weight is 591 g/mol. The van der Waals surface area contributed by atoms with Crippen LogP contribution in [0.3, 0.4) is 0 Å². The van der Waals surface area contributed by atoms with Crippen molar-refractivity contribution in [1.29, 1.82) is 0 Å². The summed E-state index contributed by atoms with van der Waals surface area (Å²) in [5.41, 5.74) is 3.98. The molecule has 0 unspecified atom stereocenters. The van der Waals surface area contributed by atoms with E-state index >= 15 is 0 Å². The van der Waals surface area contributed by atoms with E-state index in [1.54, 1.807) is 54.3 Å². The van der Waals surface area contributed by atoms with E-state index in [0.717, 1.165) is 31.3 Å². The minimum atomic E-state index is -0.534. The lowest BCUT2D eigenvalue weighted by atomic mass is 10.1. The molecular formula is C36H50N2O5. The topological polar surface area (TPSA) is 84.9 Å². The highest BCUT2D eigenvalue weighted by atomic mass is 16.5. The first-order valence-corrected chi connectivity index (χ1v) is 15.6. The molecule has 2 aromatic carbocycles. The lowest BCUT2D eigenvalue weighted by Gasteiger charge is -2.25. The van der Waals surface area contributed by atoms with E-state index < -0.39 is 5.97 Å². The van der Waals surface area contributed by atoms with Crippen LogP contribution in [0.15, 0.2) is 71.8 Å². The number of anilines is 2. The number of amides is 2. The van der Waals surface area contributed by atoms with Crippen LogP contribution in [-0.2, 0) is 14.3 Å². The Bertz CT molecular complexity index is 1220. The molecule has 0 aliphatic rings. The van der Waals surface area contributed by atoms with Crippen molar-refractivity contribution in [1.82, 2.24) is 0 Å². The molecule has 1 N–H and O–H groups in total. The molecule has 2 amide bonds. The van der Waals surface area contributed by atoms with Crippen LogP contribution in [0.25, 0.3) is 0 Å². The van der Waals surface area contributed by atoms with Crippen molar-refractivity contribution in [3.63, 3.8) is 0 Å². The first kappa shape index (κ1) is 35.5. The van der Waals surface area contributed by atoms with Gasteiger partial charge in [-0.2, -0.15) is 0 Å². The average Bonchev–Trinajstić information content (AvgIpc) is 2.99. The molecule has 0 spiro atoms. The third kappa shape index (κ3) is 13.4. The van der Waals surface area contributed by atoms with Gasteiger partial charge in [0.25, 0.3) is 11.8 Å². The Morgan fingerprint density at radius 3 is 2.30 bits per heavy atom. The largest absolute Gasteiger partial charge is 0.462 e. The molecule has 0 bridgehead atoms. The lowest BCUT2D eigenvalue weighted by Crippen LogP contribution is -2.36. The second kappa shape index (κ2) is 20.2. The van der Waals surface area contributed by atoms with Crippen molar-refractivity contribution in [3.8, 4) is 0 Å². The number of nitrogens with zero attached hydrogens (tertiary/aromatic N) is 1. The third-order valence-electron chi connectivity index (χ3n) is 6.96. The molecule has 0 aliphatic heterocycles. The minimum absolute atomic E-state index is 0.109. The first-order chi connectivity index (χ1) is 20.8. The van der Waals surface area contributed by atoms with Gasteiger partial charge in [0.05, 0.1) is 17.9 Å². The summed E-state index contributed by atoms with van der Waals surface area (Å²) < 4.78 is 11.1. The third-order valence-corrected chi connectivity index (χ3v) is 6.96. The fourth-order valence-corrected chi connectivity index (χ4v) is 4.50. The second-order valence-electron chi connectivity index (χ2n) is 11.0. The molecule has 0 aliphatic carbocycles. The fourth-order valence-electron chi connectivity index (χ4n) is 4.50. The molecule has 0 heterocycles. The van der Waals surface area contributed by atoms with Gasteiger partial charge >= 0.3 is 5.97 Å². The van der Waals surface area contributed by atoms with Gasteiger partial charge in [-0.05, 0) is 77.3 Å². The van der Waals surface area contributed by atoms with E-state index in [0.29, 0.717) is 23.5 Å². The summed E-state index contributed by atoms with van der Waals surface area (Å²) in [6.45, 7) is 11.0. The Balaban J connectivity index is 2.33. The van der Waals surface area contributed by atoms with Gasteiger partial charge in [-0.3, -0.25) is 9.59 Å². The molecule has 0 fully saturated rings. The zero-order valence-corrected chi connectivity index (χ0v) is 26.7. The highest BCUT2D eigenvalue weighted by molar-refractivity contribution is 6.07. The van der Waals surface area contributed by atoms with Crippen LogP contribution >= 0.6 is 0 Å². The standard InChI is InChI=1S/C36H50N2O5/c1-6-8-9-10-11-15-25-42-27-34(39)38(24-23-29(5)18-16-17-28(3)4)33-26-31(21-22-32(33)36(41)43-7-2)37-35(40)30-19-13-12-14-20-30/h12-14,17,19-23,26H,6-11,15-16,18,24-25,27H2,1-5H3,(H,37,40). The molecule has 0 aromatic heterocycles. The molecule has 0 atom stereocenters.